The van der Waals surface area contributed by atoms with Gasteiger partial charge in [-0.1, -0.05) is 30.7 Å². The van der Waals surface area contributed by atoms with Gasteiger partial charge in [0.1, 0.15) is 5.75 Å². The lowest BCUT2D eigenvalue weighted by Crippen LogP contribution is -2.45. The maximum Gasteiger partial charge on any atom is 0.263 e. The number of nitrogens with zero attached hydrogens (tertiary/aromatic N) is 1. The third-order valence-electron chi connectivity index (χ3n) is 3.84. The summed E-state index contributed by atoms with van der Waals surface area (Å²) in [5.41, 5.74) is 0. The van der Waals surface area contributed by atoms with Gasteiger partial charge >= 0.3 is 0 Å². The molecule has 2 rings (SSSR count). The highest BCUT2D eigenvalue weighted by Crippen LogP contribution is 2.27. The Morgan fingerprint density at radius 2 is 2.25 bits per heavy atom. The third-order valence-corrected chi connectivity index (χ3v) is 4.15. The Morgan fingerprint density at radius 1 is 1.55 bits per heavy atom. The maximum absolute atomic E-state index is 12.4. The number of benzene rings is 1. The van der Waals surface area contributed by atoms with Crippen LogP contribution in [0.1, 0.15) is 20.3 Å². The predicted molar refractivity (Wildman–Crippen MR) is 77.9 cm³/mol. The lowest BCUT2D eigenvalue weighted by Gasteiger charge is -2.28. The SMILES string of the molecule is CC(Oc1ccccc1Cl)C(=O)N1CCC(C)C1CO. The molecule has 1 aromatic carbocycles. The zero-order chi connectivity index (χ0) is 14.7. The topological polar surface area (TPSA) is 49.8 Å². The highest BCUT2D eigenvalue weighted by atomic mass is 35.5. The zero-order valence-corrected chi connectivity index (χ0v) is 12.5. The van der Waals surface area contributed by atoms with Crippen LogP contribution in [0.2, 0.25) is 5.02 Å². The van der Waals surface area contributed by atoms with Crippen LogP contribution in [-0.2, 0) is 4.79 Å². The van der Waals surface area contributed by atoms with Crippen molar-refractivity contribution in [3.05, 3.63) is 29.3 Å². The predicted octanol–water partition coefficient (Wildman–Crippen LogP) is 2.34. The number of hydrogen-bond donors (Lipinski definition) is 1. The van der Waals surface area contributed by atoms with Crippen molar-refractivity contribution >= 4 is 17.5 Å². The number of halogens is 1. The second-order valence-electron chi connectivity index (χ2n) is 5.24. The number of ether oxygens (including phenoxy) is 1. The fourth-order valence-corrected chi connectivity index (χ4v) is 2.76. The number of rotatable bonds is 4. The molecule has 0 aliphatic carbocycles. The number of hydrogen-bond acceptors (Lipinski definition) is 3. The van der Waals surface area contributed by atoms with Gasteiger partial charge in [-0.05, 0) is 31.4 Å². The summed E-state index contributed by atoms with van der Waals surface area (Å²) in [7, 11) is 0. The molecule has 0 saturated carbocycles. The largest absolute Gasteiger partial charge is 0.479 e. The van der Waals surface area contributed by atoms with E-state index < -0.39 is 6.10 Å². The van der Waals surface area contributed by atoms with Crippen molar-refractivity contribution < 1.29 is 14.6 Å². The molecule has 1 saturated heterocycles. The average Bonchev–Trinajstić information content (AvgIpc) is 2.81. The van der Waals surface area contributed by atoms with Crippen LogP contribution in [0.15, 0.2) is 24.3 Å². The summed E-state index contributed by atoms with van der Waals surface area (Å²) in [5.74, 6) is 0.715. The smallest absolute Gasteiger partial charge is 0.263 e. The Morgan fingerprint density at radius 3 is 2.90 bits per heavy atom. The standard InChI is InChI=1S/C15H20ClNO3/c1-10-7-8-17(13(10)9-18)15(19)11(2)20-14-6-4-3-5-12(14)16/h3-6,10-11,13,18H,7-9H2,1-2H3. The Balaban J connectivity index is 2.04. The van der Waals surface area contributed by atoms with Gasteiger partial charge in [-0.15, -0.1) is 0 Å². The Bertz CT molecular complexity index is 480. The quantitative estimate of drug-likeness (QED) is 0.928. The summed E-state index contributed by atoms with van der Waals surface area (Å²) in [6.07, 6.45) is 0.296. The third kappa shape index (κ3) is 3.07. The van der Waals surface area contributed by atoms with Gasteiger partial charge in [0.15, 0.2) is 6.10 Å². The van der Waals surface area contributed by atoms with Crippen molar-refractivity contribution in [2.24, 2.45) is 5.92 Å². The summed E-state index contributed by atoms with van der Waals surface area (Å²) < 4.78 is 5.64. The molecule has 20 heavy (non-hydrogen) atoms. The molecule has 3 unspecified atom stereocenters. The molecular weight excluding hydrogens is 278 g/mol. The van der Waals surface area contributed by atoms with E-state index in [1.807, 2.05) is 19.1 Å². The van der Waals surface area contributed by atoms with E-state index in [0.29, 0.717) is 23.2 Å². The molecule has 0 aromatic heterocycles. The molecule has 110 valence electrons. The maximum atomic E-state index is 12.4. The number of para-hydroxylation sites is 1. The molecule has 0 spiro atoms. The molecule has 0 bridgehead atoms. The molecule has 1 heterocycles. The first-order valence-corrected chi connectivity index (χ1v) is 7.25. The molecule has 1 aliphatic rings. The molecule has 3 atom stereocenters. The van der Waals surface area contributed by atoms with E-state index in [9.17, 15) is 9.90 Å². The Labute approximate surface area is 124 Å². The van der Waals surface area contributed by atoms with Crippen molar-refractivity contribution in [3.63, 3.8) is 0 Å². The number of carbonyl (C=O) groups is 1. The van der Waals surface area contributed by atoms with Crippen LogP contribution in [0.4, 0.5) is 0 Å². The van der Waals surface area contributed by atoms with Gasteiger partial charge in [0.2, 0.25) is 0 Å². The zero-order valence-electron chi connectivity index (χ0n) is 11.8. The van der Waals surface area contributed by atoms with E-state index >= 15 is 0 Å². The van der Waals surface area contributed by atoms with Gasteiger partial charge in [0, 0.05) is 6.54 Å². The van der Waals surface area contributed by atoms with Crippen LogP contribution in [0.25, 0.3) is 0 Å². The van der Waals surface area contributed by atoms with Crippen molar-refractivity contribution in [1.29, 1.82) is 0 Å². The van der Waals surface area contributed by atoms with Gasteiger partial charge in [-0.3, -0.25) is 4.79 Å². The lowest BCUT2D eigenvalue weighted by molar-refractivity contribution is -0.139. The molecule has 1 aliphatic heterocycles. The van der Waals surface area contributed by atoms with Crippen LogP contribution < -0.4 is 4.74 Å². The second-order valence-corrected chi connectivity index (χ2v) is 5.65. The van der Waals surface area contributed by atoms with Crippen molar-refractivity contribution in [3.8, 4) is 5.75 Å². The molecule has 1 N–H and O–H groups in total. The van der Waals surface area contributed by atoms with Gasteiger partial charge in [0.05, 0.1) is 17.7 Å². The number of likely N-dealkylation sites (tertiary alicyclic amines) is 1. The second kappa shape index (κ2) is 6.46. The van der Waals surface area contributed by atoms with Crippen molar-refractivity contribution in [2.75, 3.05) is 13.2 Å². The number of carbonyl (C=O) groups excluding carboxylic acids is 1. The van der Waals surface area contributed by atoms with Crippen molar-refractivity contribution in [2.45, 2.75) is 32.4 Å². The molecule has 0 radical (unpaired) electrons. The highest BCUT2D eigenvalue weighted by Gasteiger charge is 2.36. The van der Waals surface area contributed by atoms with Gasteiger partial charge < -0.3 is 14.7 Å². The van der Waals surface area contributed by atoms with Crippen LogP contribution in [-0.4, -0.2) is 41.2 Å². The normalized spacial score (nSPS) is 23.7. The lowest BCUT2D eigenvalue weighted by atomic mass is 10.0. The summed E-state index contributed by atoms with van der Waals surface area (Å²) >= 11 is 6.02. The molecule has 1 fully saturated rings. The molecule has 1 aromatic rings. The number of aliphatic hydroxyl groups is 1. The summed E-state index contributed by atoms with van der Waals surface area (Å²) in [5, 5.41) is 9.90. The summed E-state index contributed by atoms with van der Waals surface area (Å²) in [6, 6.07) is 6.98. The molecular formula is C15H20ClNO3. The first kappa shape index (κ1) is 15.1. The van der Waals surface area contributed by atoms with E-state index in [0.717, 1.165) is 6.42 Å². The first-order chi connectivity index (χ1) is 9.54. The van der Waals surface area contributed by atoms with Crippen LogP contribution in [0.3, 0.4) is 0 Å². The van der Waals surface area contributed by atoms with Gasteiger partial charge in [-0.2, -0.15) is 0 Å². The molecule has 4 nitrogen and oxygen atoms in total. The highest BCUT2D eigenvalue weighted by molar-refractivity contribution is 6.32. The fourth-order valence-electron chi connectivity index (χ4n) is 2.57. The minimum atomic E-state index is -0.616. The minimum Gasteiger partial charge on any atom is -0.479 e. The monoisotopic (exact) mass is 297 g/mol. The van der Waals surface area contributed by atoms with E-state index in [4.69, 9.17) is 16.3 Å². The summed E-state index contributed by atoms with van der Waals surface area (Å²) in [4.78, 5) is 14.1. The minimum absolute atomic E-state index is 0.00821. The Kier molecular flexibility index (Phi) is 4.89. The molecule has 5 heteroatoms. The molecule has 1 amide bonds. The van der Waals surface area contributed by atoms with E-state index in [-0.39, 0.29) is 18.6 Å². The van der Waals surface area contributed by atoms with Crippen molar-refractivity contribution in [1.82, 2.24) is 4.90 Å². The van der Waals surface area contributed by atoms with Crippen LogP contribution >= 0.6 is 11.6 Å². The summed E-state index contributed by atoms with van der Waals surface area (Å²) in [6.45, 7) is 4.42. The average molecular weight is 298 g/mol. The number of amides is 1. The van der Waals surface area contributed by atoms with E-state index in [1.54, 1.807) is 24.0 Å². The van der Waals surface area contributed by atoms with Crippen LogP contribution in [0, 0.1) is 5.92 Å². The Hall–Kier alpha value is -1.26. The van der Waals surface area contributed by atoms with E-state index in [2.05, 4.69) is 0 Å². The first-order valence-electron chi connectivity index (χ1n) is 6.87. The van der Waals surface area contributed by atoms with Gasteiger partial charge in [-0.25, -0.2) is 0 Å². The van der Waals surface area contributed by atoms with E-state index in [1.165, 1.54) is 0 Å². The van der Waals surface area contributed by atoms with Crippen LogP contribution in [0.5, 0.6) is 5.75 Å². The number of aliphatic hydroxyl groups excluding tert-OH is 1. The van der Waals surface area contributed by atoms with Gasteiger partial charge in [0.25, 0.3) is 5.91 Å². The fraction of sp³-hybridized carbons (Fsp3) is 0.533.